The quantitative estimate of drug-likeness (QED) is 0.765. The second kappa shape index (κ2) is 8.54. The Hall–Kier alpha value is -2.39. The number of amidine groups is 1. The summed E-state index contributed by atoms with van der Waals surface area (Å²) < 4.78 is 19.4. The Bertz CT molecular complexity index is 927. The number of aryl methyl sites for hydroxylation is 1. The molecule has 0 aliphatic carbocycles. The molecule has 29 heavy (non-hydrogen) atoms. The van der Waals surface area contributed by atoms with Crippen LogP contribution in [0.3, 0.4) is 0 Å². The van der Waals surface area contributed by atoms with E-state index in [0.717, 1.165) is 10.6 Å². The highest BCUT2D eigenvalue weighted by molar-refractivity contribution is 7.09. The smallest absolute Gasteiger partial charge is 0.409 e. The van der Waals surface area contributed by atoms with Crippen LogP contribution in [0, 0.1) is 12.7 Å². The van der Waals surface area contributed by atoms with Gasteiger partial charge in [0.15, 0.2) is 0 Å². The predicted molar refractivity (Wildman–Crippen MR) is 113 cm³/mol. The largest absolute Gasteiger partial charge is 0.449 e. The third kappa shape index (κ3) is 4.30. The highest BCUT2D eigenvalue weighted by Gasteiger charge is 2.39. The summed E-state index contributed by atoms with van der Waals surface area (Å²) in [6.07, 6.45) is 1.50. The number of halogens is 2. The summed E-state index contributed by atoms with van der Waals surface area (Å²) in [5.74, 6) is -0.193. The second-order valence-electron chi connectivity index (χ2n) is 7.03. The monoisotopic (exact) mass is 439 g/mol. The van der Waals surface area contributed by atoms with Crippen molar-refractivity contribution in [2.75, 3.05) is 25.0 Å². The van der Waals surface area contributed by atoms with E-state index < -0.39 is 11.5 Å². The molecule has 0 saturated carbocycles. The molecular weight excluding hydrogens is 417 g/mol. The van der Waals surface area contributed by atoms with Crippen LogP contribution in [0.5, 0.6) is 0 Å². The SMILES string of the molecule is Cc1ncsc1CCOC(=O)N1CCC2(CC1)N=C(N)c1c(F)cccc1N2.Cl. The first kappa shape index (κ1) is 21.3. The number of carbonyl (C=O) groups is 1. The van der Waals surface area contributed by atoms with Crippen molar-refractivity contribution >= 4 is 41.4 Å². The Morgan fingerprint density at radius 2 is 2.17 bits per heavy atom. The van der Waals surface area contributed by atoms with Gasteiger partial charge in [-0.3, -0.25) is 0 Å². The van der Waals surface area contributed by atoms with Crippen molar-refractivity contribution < 1.29 is 13.9 Å². The molecule has 1 fully saturated rings. The van der Waals surface area contributed by atoms with Gasteiger partial charge in [0.1, 0.15) is 17.3 Å². The number of rotatable bonds is 3. The Balaban J connectivity index is 0.00000240. The molecule has 3 N–H and O–H groups in total. The minimum absolute atomic E-state index is 0. The van der Waals surface area contributed by atoms with Crippen LogP contribution in [0.2, 0.25) is 0 Å². The molecule has 0 unspecified atom stereocenters. The zero-order chi connectivity index (χ0) is 19.7. The number of thiazole rings is 1. The molecule has 7 nitrogen and oxygen atoms in total. The van der Waals surface area contributed by atoms with Gasteiger partial charge in [0, 0.05) is 42.9 Å². The number of carbonyl (C=O) groups excluding carboxylic acids is 1. The standard InChI is InChI=1S/C19H22FN5O2S.ClH/c1-12-15(28-11-22-12)5-10-27-18(26)25-8-6-19(7-9-25)23-14-4-2-3-13(20)16(14)17(21)24-19;/h2-4,11,23H,5-10H2,1H3,(H2,21,24);1H. The molecule has 4 rings (SSSR count). The first-order valence-electron chi connectivity index (χ1n) is 9.20. The summed E-state index contributed by atoms with van der Waals surface area (Å²) in [5.41, 5.74) is 9.16. The Kier molecular flexibility index (Phi) is 6.28. The maximum absolute atomic E-state index is 14.0. The number of ether oxygens (including phenoxy) is 1. The molecule has 3 heterocycles. The molecule has 0 bridgehead atoms. The van der Waals surface area contributed by atoms with Crippen LogP contribution in [-0.4, -0.2) is 47.2 Å². The van der Waals surface area contributed by atoms with Gasteiger partial charge in [0.05, 0.1) is 23.4 Å². The zero-order valence-electron chi connectivity index (χ0n) is 16.0. The number of likely N-dealkylation sites (tertiary alicyclic amines) is 1. The molecule has 2 aliphatic rings. The summed E-state index contributed by atoms with van der Waals surface area (Å²) in [4.78, 5) is 23.9. The van der Waals surface area contributed by atoms with Crippen molar-refractivity contribution in [2.45, 2.75) is 31.8 Å². The highest BCUT2D eigenvalue weighted by Crippen LogP contribution is 2.35. The lowest BCUT2D eigenvalue weighted by Crippen LogP contribution is -2.52. The topological polar surface area (TPSA) is 92.8 Å². The van der Waals surface area contributed by atoms with Gasteiger partial charge in [-0.2, -0.15) is 0 Å². The molecule has 1 saturated heterocycles. The Morgan fingerprint density at radius 1 is 1.41 bits per heavy atom. The number of nitrogens with two attached hydrogens (primary N) is 1. The van der Waals surface area contributed by atoms with E-state index in [4.69, 9.17) is 10.5 Å². The predicted octanol–water partition coefficient (Wildman–Crippen LogP) is 3.31. The fourth-order valence-electron chi connectivity index (χ4n) is 3.64. The van der Waals surface area contributed by atoms with Crippen LogP contribution in [0.15, 0.2) is 28.7 Å². The molecule has 0 atom stereocenters. The Labute approximate surface area is 178 Å². The van der Waals surface area contributed by atoms with E-state index in [1.807, 2.05) is 6.92 Å². The van der Waals surface area contributed by atoms with Gasteiger partial charge in [-0.15, -0.1) is 23.7 Å². The molecular formula is C19H23ClFN5O2S. The number of aliphatic imine (C=N–C) groups is 1. The lowest BCUT2D eigenvalue weighted by atomic mass is 9.94. The van der Waals surface area contributed by atoms with Crippen molar-refractivity contribution in [3.05, 3.63) is 45.7 Å². The van der Waals surface area contributed by atoms with Crippen LogP contribution in [0.4, 0.5) is 14.9 Å². The van der Waals surface area contributed by atoms with Gasteiger partial charge >= 0.3 is 6.09 Å². The van der Waals surface area contributed by atoms with E-state index in [1.165, 1.54) is 6.07 Å². The lowest BCUT2D eigenvalue weighted by molar-refractivity contribution is 0.0875. The van der Waals surface area contributed by atoms with Crippen molar-refractivity contribution in [3.63, 3.8) is 0 Å². The van der Waals surface area contributed by atoms with Crippen molar-refractivity contribution in [1.29, 1.82) is 0 Å². The molecule has 0 radical (unpaired) electrons. The number of hydrogen-bond donors (Lipinski definition) is 2. The van der Waals surface area contributed by atoms with Gasteiger partial charge < -0.3 is 20.7 Å². The number of aromatic nitrogens is 1. The molecule has 2 aliphatic heterocycles. The van der Waals surface area contributed by atoms with E-state index in [1.54, 1.807) is 33.9 Å². The molecule has 1 aromatic carbocycles. The summed E-state index contributed by atoms with van der Waals surface area (Å²) in [6, 6.07) is 4.81. The van der Waals surface area contributed by atoms with E-state index in [-0.39, 0.29) is 24.3 Å². The van der Waals surface area contributed by atoms with Crippen LogP contribution in [-0.2, 0) is 11.2 Å². The number of benzene rings is 1. The fourth-order valence-corrected chi connectivity index (χ4v) is 4.40. The fraction of sp³-hybridized carbons (Fsp3) is 0.421. The van der Waals surface area contributed by atoms with Crippen LogP contribution >= 0.6 is 23.7 Å². The molecule has 1 aromatic heterocycles. The number of piperidine rings is 1. The van der Waals surface area contributed by atoms with Gasteiger partial charge in [-0.25, -0.2) is 19.2 Å². The molecule has 2 aromatic rings. The van der Waals surface area contributed by atoms with Crippen molar-refractivity contribution in [3.8, 4) is 0 Å². The average Bonchev–Trinajstić information content (AvgIpc) is 3.07. The Morgan fingerprint density at radius 3 is 2.86 bits per heavy atom. The molecule has 10 heteroatoms. The molecule has 156 valence electrons. The number of nitrogens with zero attached hydrogens (tertiary/aromatic N) is 3. The molecule has 1 amide bonds. The second-order valence-corrected chi connectivity index (χ2v) is 7.97. The summed E-state index contributed by atoms with van der Waals surface area (Å²) in [6.45, 7) is 3.27. The average molecular weight is 440 g/mol. The third-order valence-corrected chi connectivity index (χ3v) is 6.21. The third-order valence-electron chi connectivity index (χ3n) is 5.22. The van der Waals surface area contributed by atoms with E-state index in [2.05, 4.69) is 15.3 Å². The van der Waals surface area contributed by atoms with Crippen LogP contribution < -0.4 is 11.1 Å². The van der Waals surface area contributed by atoms with Crippen LogP contribution in [0.25, 0.3) is 0 Å². The van der Waals surface area contributed by atoms with Crippen molar-refractivity contribution in [2.24, 2.45) is 10.7 Å². The number of nitrogens with one attached hydrogen (secondary N) is 1. The minimum Gasteiger partial charge on any atom is -0.449 e. The normalized spacial score (nSPS) is 17.0. The number of fused-ring (bicyclic) bond motifs is 1. The minimum atomic E-state index is -0.610. The van der Waals surface area contributed by atoms with Gasteiger partial charge in [-0.1, -0.05) is 6.07 Å². The van der Waals surface area contributed by atoms with E-state index in [0.29, 0.717) is 50.2 Å². The van der Waals surface area contributed by atoms with Crippen molar-refractivity contribution in [1.82, 2.24) is 9.88 Å². The van der Waals surface area contributed by atoms with Crippen LogP contribution in [0.1, 0.15) is 29.0 Å². The van der Waals surface area contributed by atoms with Gasteiger partial charge in [0.25, 0.3) is 0 Å². The van der Waals surface area contributed by atoms with E-state index in [9.17, 15) is 9.18 Å². The highest BCUT2D eigenvalue weighted by atomic mass is 35.5. The first-order valence-corrected chi connectivity index (χ1v) is 10.1. The summed E-state index contributed by atoms with van der Waals surface area (Å²) >= 11 is 1.57. The van der Waals surface area contributed by atoms with Gasteiger partial charge in [-0.05, 0) is 19.1 Å². The summed E-state index contributed by atoms with van der Waals surface area (Å²) in [5, 5.41) is 3.32. The number of hydrogen-bond acceptors (Lipinski definition) is 7. The van der Waals surface area contributed by atoms with Gasteiger partial charge in [0.2, 0.25) is 0 Å². The maximum atomic E-state index is 14.0. The van der Waals surface area contributed by atoms with E-state index >= 15 is 0 Å². The summed E-state index contributed by atoms with van der Waals surface area (Å²) in [7, 11) is 0. The zero-order valence-corrected chi connectivity index (χ0v) is 17.6. The lowest BCUT2D eigenvalue weighted by Gasteiger charge is -2.42. The molecule has 1 spiro atoms. The number of anilines is 1. The first-order chi connectivity index (χ1) is 13.5. The number of amides is 1. The maximum Gasteiger partial charge on any atom is 0.409 e.